The average molecular weight is 1630 g/mol. The van der Waals surface area contributed by atoms with Gasteiger partial charge < -0.3 is 97.3 Å². The monoisotopic (exact) mass is 1630 g/mol. The van der Waals surface area contributed by atoms with Gasteiger partial charge in [-0.25, -0.2) is 39.9 Å². The number of morpholine rings is 4. The summed E-state index contributed by atoms with van der Waals surface area (Å²) in [5.41, 5.74) is 18.8. The second kappa shape index (κ2) is 38.4. The maximum atomic E-state index is 12.3. The van der Waals surface area contributed by atoms with Crippen LogP contribution in [0.2, 0.25) is 0 Å². The predicted octanol–water partition coefficient (Wildman–Crippen LogP) is 13.4. The van der Waals surface area contributed by atoms with Crippen LogP contribution < -0.4 is 55.7 Å². The van der Waals surface area contributed by atoms with E-state index in [1.165, 1.54) is 17.1 Å². The first-order valence-electron chi connectivity index (χ1n) is 40.4. The summed E-state index contributed by atoms with van der Waals surface area (Å²) in [6, 6.07) is 54.2. The lowest BCUT2D eigenvalue weighted by molar-refractivity contribution is 0.0944. The molecule has 4 aliphatic heterocycles. The molecule has 6 N–H and O–H groups in total. The van der Waals surface area contributed by atoms with Crippen molar-refractivity contribution in [3.05, 3.63) is 269 Å². The Morgan fingerprint density at radius 3 is 1.08 bits per heavy atom. The Morgan fingerprint density at radius 2 is 0.721 bits per heavy atom. The van der Waals surface area contributed by atoms with Crippen molar-refractivity contribution in [1.82, 2.24) is 72.8 Å². The molecule has 0 saturated carbocycles. The quantitative estimate of drug-likeness (QED) is 0.0389. The number of carbonyl (C=O) groups is 1. The van der Waals surface area contributed by atoms with Gasteiger partial charge in [0.05, 0.1) is 102 Å². The maximum absolute atomic E-state index is 12.3. The first-order valence-corrected chi connectivity index (χ1v) is 40.4. The zero-order chi connectivity index (χ0) is 82.8. The van der Waals surface area contributed by atoms with Crippen LogP contribution in [0.1, 0.15) is 10.4 Å². The fourth-order valence-corrected chi connectivity index (χ4v) is 14.7. The Labute approximate surface area is 703 Å². The Hall–Kier alpha value is -14.6. The van der Waals surface area contributed by atoms with Gasteiger partial charge >= 0.3 is 0 Å². The van der Waals surface area contributed by atoms with Crippen LogP contribution in [0.3, 0.4) is 0 Å². The lowest BCUT2D eigenvalue weighted by Crippen LogP contribution is -2.36. The van der Waals surface area contributed by atoms with E-state index in [1.807, 2.05) is 140 Å². The molecule has 0 atom stereocenters. The summed E-state index contributed by atoms with van der Waals surface area (Å²) in [5, 5.41) is 25.3. The first-order chi connectivity index (χ1) is 60.2. The van der Waals surface area contributed by atoms with Crippen LogP contribution in [0.25, 0.3) is 67.6 Å². The molecule has 0 unspecified atom stereocenters. The summed E-state index contributed by atoms with van der Waals surface area (Å²) >= 11 is 0. The minimum absolute atomic E-state index is 0.104. The molecule has 16 aromatic rings. The van der Waals surface area contributed by atoms with Crippen molar-refractivity contribution in [2.45, 2.75) is 0 Å². The molecule has 0 spiro atoms. The minimum atomic E-state index is -0.238. The van der Waals surface area contributed by atoms with E-state index in [-0.39, 0.29) is 19.1 Å². The van der Waals surface area contributed by atoms with Crippen molar-refractivity contribution in [2.24, 2.45) is 0 Å². The third-order valence-electron chi connectivity index (χ3n) is 21.0. The summed E-state index contributed by atoms with van der Waals surface area (Å²) in [7, 11) is 3.28. The predicted molar refractivity (Wildman–Crippen MR) is 473 cm³/mol. The van der Waals surface area contributed by atoms with E-state index in [1.54, 1.807) is 69.7 Å². The van der Waals surface area contributed by atoms with Gasteiger partial charge in [-0.05, 0) is 146 Å². The molecule has 10 aromatic heterocycles. The van der Waals surface area contributed by atoms with Crippen LogP contribution >= 0.6 is 0 Å². The van der Waals surface area contributed by atoms with Crippen LogP contribution in [0.5, 0.6) is 11.5 Å². The molecule has 4 fully saturated rings. The van der Waals surface area contributed by atoms with Gasteiger partial charge in [-0.2, -0.15) is 0 Å². The number of anilines is 12. The number of hydrogen-bond donors (Lipinski definition) is 6. The molecule has 122 heavy (non-hydrogen) atoms. The molecular formula is C91H91N23O8. The Bertz CT molecular complexity index is 5940. The SMILES string of the molecule is COc1cccc(OC)c1-c1cn2ccnc2c(Nc2ccc(N3CCOCC3)cc2)n1.O=C(NCCO)c1cccc(-c2cn3ccnc3c(Nc3ccc(N4CCOCC4)cc3)n2)c1.c1cc(-c2cn3ccnc3c(Nc3ccc(N4CCOCC4)cc3)n2)ccn1.c1cncc(-c2cn3ccnc3c(Nc3ccc(N4CCOCC4)cc3)n2)c1. The molecule has 20 rings (SSSR count). The third-order valence-corrected chi connectivity index (χ3v) is 21.0. The maximum Gasteiger partial charge on any atom is 0.251 e. The van der Waals surface area contributed by atoms with Gasteiger partial charge in [-0.3, -0.25) is 14.8 Å². The fraction of sp³-hybridized carbons (Fsp3) is 0.220. The highest BCUT2D eigenvalue weighted by molar-refractivity contribution is 5.95. The summed E-state index contributed by atoms with van der Waals surface area (Å²) in [5.74, 6) is 3.85. The van der Waals surface area contributed by atoms with Crippen molar-refractivity contribution < 1.29 is 38.3 Å². The van der Waals surface area contributed by atoms with Crippen LogP contribution in [0.4, 0.5) is 68.8 Å². The molecule has 0 aliphatic carbocycles. The number of ether oxygens (including phenoxy) is 6. The minimum Gasteiger partial charge on any atom is -0.496 e. The highest BCUT2D eigenvalue weighted by Gasteiger charge is 2.22. The summed E-state index contributed by atoms with van der Waals surface area (Å²) in [6.45, 7) is 13.6. The molecule has 31 heteroatoms. The molecule has 1 amide bonds. The van der Waals surface area contributed by atoms with E-state index >= 15 is 0 Å². The largest absolute Gasteiger partial charge is 0.496 e. The van der Waals surface area contributed by atoms with Gasteiger partial charge in [0.25, 0.3) is 5.91 Å². The van der Waals surface area contributed by atoms with Crippen molar-refractivity contribution in [3.8, 4) is 56.5 Å². The van der Waals surface area contributed by atoms with Crippen LogP contribution in [-0.2, 0) is 18.9 Å². The van der Waals surface area contributed by atoms with Gasteiger partial charge in [0.1, 0.15) is 11.5 Å². The van der Waals surface area contributed by atoms with Gasteiger partial charge in [0.15, 0.2) is 45.9 Å². The van der Waals surface area contributed by atoms with E-state index in [0.717, 1.165) is 196 Å². The van der Waals surface area contributed by atoms with Crippen molar-refractivity contribution in [1.29, 1.82) is 0 Å². The molecule has 0 bridgehead atoms. The summed E-state index contributed by atoms with van der Waals surface area (Å²) < 4.78 is 40.7. The van der Waals surface area contributed by atoms with Crippen molar-refractivity contribution in [2.75, 3.05) is 173 Å². The van der Waals surface area contributed by atoms with E-state index in [9.17, 15) is 4.79 Å². The standard InChI is InChI=1S/C25H26N6O3.C24H25N5O3.2C21H20N6O/c32-13-9-27-25(33)19-3-1-2-18(16-19)22-17-31-10-8-26-24(31)23(29-22)28-20-4-6-21(7-5-20)30-11-14-34-15-12-30;1-30-20-4-3-5-21(31-2)22(20)19-16-29-11-10-25-24(29)23(27-19)26-17-6-8-18(9-7-17)28-12-14-32-15-13-28;1-3-18(26-11-13-28-14-12-26)4-2-17(1)24-20-21-23-9-10-27(21)15-19(25-20)16-5-7-22-8-6-16;1-2-16(14-22-7-1)19-15-27-9-8-23-21(27)20(25-19)24-17-3-5-18(6-4-17)26-10-12-28-13-11-26/h1-8,10,16-17,32H,9,11-15H2,(H,27,33)(H,28,29);3-11,16H,12-15H2,1-2H3,(H,26,27);1-10,15H,11-14H2,(H,24,25);1-9,14-15H,10-13H2,(H,24,25). The number of nitrogens with one attached hydrogen (secondary N) is 5. The van der Waals surface area contributed by atoms with Crippen LogP contribution in [0.15, 0.2) is 263 Å². The van der Waals surface area contributed by atoms with E-state index < -0.39 is 0 Å². The van der Waals surface area contributed by atoms with Crippen LogP contribution in [0, 0.1) is 0 Å². The molecule has 4 saturated heterocycles. The lowest BCUT2D eigenvalue weighted by atomic mass is 10.1. The Balaban J connectivity index is 0.000000116. The van der Waals surface area contributed by atoms with E-state index in [4.69, 9.17) is 53.5 Å². The number of aliphatic hydroxyl groups excluding tert-OH is 1. The van der Waals surface area contributed by atoms with E-state index in [0.29, 0.717) is 45.9 Å². The first kappa shape index (κ1) is 79.8. The van der Waals surface area contributed by atoms with Gasteiger partial charge in [0.2, 0.25) is 0 Å². The molecule has 0 radical (unpaired) electrons. The Kier molecular flexibility index (Phi) is 25.1. The molecular weight excluding hydrogens is 1540 g/mol. The number of methoxy groups -OCH3 is 2. The zero-order valence-corrected chi connectivity index (χ0v) is 67.4. The average Bonchev–Trinajstić information content (AvgIpc) is 1.45. The highest BCUT2D eigenvalue weighted by Crippen LogP contribution is 2.39. The third kappa shape index (κ3) is 19.1. The number of aliphatic hydroxyl groups is 1. The molecule has 618 valence electrons. The van der Waals surface area contributed by atoms with Gasteiger partial charge in [-0.15, -0.1) is 0 Å². The number of benzene rings is 6. The van der Waals surface area contributed by atoms with Gasteiger partial charge in [0, 0.05) is 226 Å². The number of rotatable bonds is 21. The van der Waals surface area contributed by atoms with E-state index in [2.05, 4.69) is 161 Å². The fourth-order valence-electron chi connectivity index (χ4n) is 14.7. The smallest absolute Gasteiger partial charge is 0.251 e. The topological polar surface area (TPSA) is 312 Å². The number of carbonyl (C=O) groups excluding carboxylic acids is 1. The van der Waals surface area contributed by atoms with Crippen molar-refractivity contribution >= 4 is 97.3 Å². The number of hydrogen-bond acceptors (Lipinski definition) is 26. The molecule has 31 nitrogen and oxygen atoms in total. The number of fused-ring (bicyclic) bond motifs is 4. The number of imidazole rings is 4. The second-order valence-electron chi connectivity index (χ2n) is 28.7. The number of amides is 1. The van der Waals surface area contributed by atoms with Gasteiger partial charge in [-0.1, -0.05) is 18.2 Å². The number of nitrogens with zero attached hydrogens (tertiary/aromatic N) is 18. The Morgan fingerprint density at radius 1 is 0.377 bits per heavy atom. The molecule has 4 aliphatic rings. The lowest BCUT2D eigenvalue weighted by Gasteiger charge is -2.28. The van der Waals surface area contributed by atoms with Crippen LogP contribution in [-0.4, -0.2) is 211 Å². The molecule has 14 heterocycles. The number of pyridine rings is 2. The van der Waals surface area contributed by atoms with Crippen molar-refractivity contribution in [3.63, 3.8) is 0 Å². The number of aromatic nitrogens is 14. The second-order valence-corrected chi connectivity index (χ2v) is 28.7. The summed E-state index contributed by atoms with van der Waals surface area (Å²) in [4.78, 5) is 67.0. The highest BCUT2D eigenvalue weighted by atomic mass is 16.5. The zero-order valence-electron chi connectivity index (χ0n) is 67.4. The summed E-state index contributed by atoms with van der Waals surface area (Å²) in [6.07, 6.45) is 29.5. The molecule has 6 aromatic carbocycles. The normalized spacial score (nSPS) is 14.1.